The lowest BCUT2D eigenvalue weighted by atomic mass is 10.0. The minimum absolute atomic E-state index is 0.186. The van der Waals surface area contributed by atoms with Gasteiger partial charge in [-0.3, -0.25) is 14.5 Å². The molecule has 0 radical (unpaired) electrons. The zero-order chi connectivity index (χ0) is 24.5. The molecule has 2 N–H and O–H groups in total. The number of pyridine rings is 1. The summed E-state index contributed by atoms with van der Waals surface area (Å²) in [5.74, 6) is 0.237. The first-order chi connectivity index (χ1) is 16.9. The van der Waals surface area contributed by atoms with Gasteiger partial charge in [0.2, 0.25) is 0 Å². The van der Waals surface area contributed by atoms with Crippen molar-refractivity contribution < 1.29 is 4.79 Å². The quantitative estimate of drug-likeness (QED) is 0.294. The number of aromatic amines is 1. The van der Waals surface area contributed by atoms with Crippen LogP contribution >= 0.6 is 11.6 Å². The number of nitrogens with zero attached hydrogens (tertiary/aromatic N) is 3. The standard InChI is InChI=1S/C28H26ClN5O/c1-17-18(2)33-26-8-7-20(10-24(17)26)13-31-28(35)25-11-22(21-6-4-5-19(9-21)12-29)14-30-27(25)23-15-32-34(3)16-23/h4-11,14-16,33H,12-13H2,1-3H3,(H,31,35). The third-order valence-corrected chi connectivity index (χ3v) is 6.66. The minimum Gasteiger partial charge on any atom is -0.358 e. The largest absolute Gasteiger partial charge is 0.358 e. The molecule has 0 bridgehead atoms. The number of carbonyl (C=O) groups is 1. The number of rotatable bonds is 6. The third kappa shape index (κ3) is 4.57. The maximum Gasteiger partial charge on any atom is 0.253 e. The summed E-state index contributed by atoms with van der Waals surface area (Å²) >= 11 is 6.03. The fourth-order valence-corrected chi connectivity index (χ4v) is 4.47. The van der Waals surface area contributed by atoms with Gasteiger partial charge in [-0.05, 0) is 60.4 Å². The molecule has 35 heavy (non-hydrogen) atoms. The van der Waals surface area contributed by atoms with Crippen LogP contribution in [0, 0.1) is 13.8 Å². The molecule has 7 heteroatoms. The van der Waals surface area contributed by atoms with Crippen molar-refractivity contribution in [2.75, 3.05) is 0 Å². The van der Waals surface area contributed by atoms with Gasteiger partial charge in [0.15, 0.2) is 0 Å². The molecule has 1 amide bonds. The summed E-state index contributed by atoms with van der Waals surface area (Å²) in [4.78, 5) is 21.5. The fraction of sp³-hybridized carbons (Fsp3) is 0.179. The average molecular weight is 484 g/mol. The van der Waals surface area contributed by atoms with E-state index in [-0.39, 0.29) is 5.91 Å². The van der Waals surface area contributed by atoms with Crippen LogP contribution in [-0.4, -0.2) is 25.7 Å². The number of hydrogen-bond acceptors (Lipinski definition) is 3. The van der Waals surface area contributed by atoms with Gasteiger partial charge in [-0.1, -0.05) is 24.3 Å². The third-order valence-electron chi connectivity index (χ3n) is 6.35. The number of aromatic nitrogens is 4. The van der Waals surface area contributed by atoms with Gasteiger partial charge in [-0.2, -0.15) is 5.10 Å². The zero-order valence-electron chi connectivity index (χ0n) is 19.9. The van der Waals surface area contributed by atoms with Gasteiger partial charge in [0, 0.05) is 59.6 Å². The summed E-state index contributed by atoms with van der Waals surface area (Å²) in [5, 5.41) is 8.52. The Morgan fingerprint density at radius 2 is 1.89 bits per heavy atom. The number of carbonyl (C=O) groups excluding carboxylic acids is 1. The van der Waals surface area contributed by atoms with Crippen molar-refractivity contribution in [1.82, 2.24) is 25.1 Å². The molecule has 0 atom stereocenters. The molecule has 0 saturated heterocycles. The number of amides is 1. The Labute approximate surface area is 209 Å². The Bertz CT molecular complexity index is 1550. The Balaban J connectivity index is 1.48. The first-order valence-corrected chi connectivity index (χ1v) is 12.0. The number of alkyl halides is 1. The van der Waals surface area contributed by atoms with Crippen LogP contribution in [0.5, 0.6) is 0 Å². The number of halogens is 1. The van der Waals surface area contributed by atoms with Crippen LogP contribution in [-0.2, 0) is 19.5 Å². The second-order valence-electron chi connectivity index (χ2n) is 8.79. The molecule has 176 valence electrons. The van der Waals surface area contributed by atoms with Crippen LogP contribution < -0.4 is 5.32 Å². The second kappa shape index (κ2) is 9.39. The van der Waals surface area contributed by atoms with Gasteiger partial charge < -0.3 is 10.3 Å². The van der Waals surface area contributed by atoms with E-state index in [2.05, 4.69) is 46.4 Å². The molecular weight excluding hydrogens is 458 g/mol. The molecule has 0 aliphatic rings. The second-order valence-corrected chi connectivity index (χ2v) is 9.06. The first-order valence-electron chi connectivity index (χ1n) is 11.4. The lowest BCUT2D eigenvalue weighted by Gasteiger charge is -2.12. The number of nitrogens with one attached hydrogen (secondary N) is 2. The summed E-state index contributed by atoms with van der Waals surface area (Å²) in [5.41, 5.74) is 9.24. The van der Waals surface area contributed by atoms with E-state index in [0.717, 1.165) is 39.0 Å². The molecule has 6 nitrogen and oxygen atoms in total. The van der Waals surface area contributed by atoms with Crippen LogP contribution in [0.25, 0.3) is 33.3 Å². The molecule has 0 unspecified atom stereocenters. The minimum atomic E-state index is -0.186. The van der Waals surface area contributed by atoms with E-state index in [0.29, 0.717) is 23.7 Å². The lowest BCUT2D eigenvalue weighted by Crippen LogP contribution is -2.23. The van der Waals surface area contributed by atoms with E-state index in [9.17, 15) is 4.79 Å². The predicted molar refractivity (Wildman–Crippen MR) is 140 cm³/mol. The normalized spacial score (nSPS) is 11.2. The highest BCUT2D eigenvalue weighted by molar-refractivity contribution is 6.17. The van der Waals surface area contributed by atoms with Crippen molar-refractivity contribution in [1.29, 1.82) is 0 Å². The molecule has 0 saturated carbocycles. The van der Waals surface area contributed by atoms with Gasteiger partial charge in [-0.15, -0.1) is 11.6 Å². The first kappa shape index (κ1) is 22.9. The maximum absolute atomic E-state index is 13.5. The molecule has 0 fully saturated rings. The fourth-order valence-electron chi connectivity index (χ4n) is 4.30. The van der Waals surface area contributed by atoms with Crippen molar-refractivity contribution >= 4 is 28.4 Å². The number of benzene rings is 2. The molecule has 5 aromatic rings. The Kier molecular flexibility index (Phi) is 6.14. The smallest absolute Gasteiger partial charge is 0.253 e. The molecular formula is C28H26ClN5O. The van der Waals surface area contributed by atoms with Crippen molar-refractivity contribution in [2.24, 2.45) is 7.05 Å². The Morgan fingerprint density at radius 1 is 1.03 bits per heavy atom. The summed E-state index contributed by atoms with van der Waals surface area (Å²) in [7, 11) is 1.84. The van der Waals surface area contributed by atoms with Crippen LogP contribution in [0.1, 0.15) is 32.7 Å². The topological polar surface area (TPSA) is 75.6 Å². The molecule has 3 heterocycles. The molecule has 0 aliphatic heterocycles. The molecule has 0 aliphatic carbocycles. The highest BCUT2D eigenvalue weighted by Crippen LogP contribution is 2.28. The maximum atomic E-state index is 13.5. The highest BCUT2D eigenvalue weighted by Gasteiger charge is 2.17. The molecule has 0 spiro atoms. The number of hydrogen-bond donors (Lipinski definition) is 2. The summed E-state index contributed by atoms with van der Waals surface area (Å²) in [6.45, 7) is 4.59. The van der Waals surface area contributed by atoms with Gasteiger partial charge in [0.05, 0.1) is 17.5 Å². The van der Waals surface area contributed by atoms with Crippen LogP contribution in [0.3, 0.4) is 0 Å². The van der Waals surface area contributed by atoms with E-state index in [1.54, 1.807) is 17.1 Å². The summed E-state index contributed by atoms with van der Waals surface area (Å²) in [6.07, 6.45) is 5.37. The number of H-pyrrole nitrogens is 1. The van der Waals surface area contributed by atoms with Gasteiger partial charge in [-0.25, -0.2) is 0 Å². The van der Waals surface area contributed by atoms with E-state index in [1.807, 2.05) is 49.6 Å². The van der Waals surface area contributed by atoms with Gasteiger partial charge in [0.1, 0.15) is 0 Å². The zero-order valence-corrected chi connectivity index (χ0v) is 20.6. The SMILES string of the molecule is Cc1[nH]c2ccc(CNC(=O)c3cc(-c4cccc(CCl)c4)cnc3-c3cnn(C)c3)cc2c1C. The van der Waals surface area contributed by atoms with E-state index < -0.39 is 0 Å². The van der Waals surface area contributed by atoms with Crippen LogP contribution in [0.4, 0.5) is 0 Å². The highest BCUT2D eigenvalue weighted by atomic mass is 35.5. The van der Waals surface area contributed by atoms with Gasteiger partial charge >= 0.3 is 0 Å². The van der Waals surface area contributed by atoms with Crippen molar-refractivity contribution in [3.05, 3.63) is 95.1 Å². The monoisotopic (exact) mass is 483 g/mol. The van der Waals surface area contributed by atoms with Crippen molar-refractivity contribution in [2.45, 2.75) is 26.3 Å². The molecule has 2 aromatic carbocycles. The summed E-state index contributed by atoms with van der Waals surface area (Å²) < 4.78 is 1.70. The van der Waals surface area contributed by atoms with Crippen molar-refractivity contribution in [3.8, 4) is 22.4 Å². The number of fused-ring (bicyclic) bond motifs is 1. The van der Waals surface area contributed by atoms with Crippen LogP contribution in [0.2, 0.25) is 0 Å². The Morgan fingerprint density at radius 3 is 2.66 bits per heavy atom. The number of aryl methyl sites for hydroxylation is 3. The lowest BCUT2D eigenvalue weighted by molar-refractivity contribution is 0.0951. The van der Waals surface area contributed by atoms with Crippen LogP contribution in [0.15, 0.2) is 67.1 Å². The average Bonchev–Trinajstić information content (AvgIpc) is 3.44. The Hall–Kier alpha value is -3.90. The summed E-state index contributed by atoms with van der Waals surface area (Å²) in [6, 6.07) is 16.1. The molecule has 5 rings (SSSR count). The van der Waals surface area contributed by atoms with E-state index in [1.165, 1.54) is 10.9 Å². The van der Waals surface area contributed by atoms with E-state index >= 15 is 0 Å². The van der Waals surface area contributed by atoms with Crippen molar-refractivity contribution in [3.63, 3.8) is 0 Å². The predicted octanol–water partition coefficient (Wildman–Crippen LogP) is 5.92. The van der Waals surface area contributed by atoms with E-state index in [4.69, 9.17) is 11.6 Å². The van der Waals surface area contributed by atoms with Gasteiger partial charge in [0.25, 0.3) is 5.91 Å². The molecule has 3 aromatic heterocycles.